The predicted molar refractivity (Wildman–Crippen MR) is 61.5 cm³/mol. The van der Waals surface area contributed by atoms with E-state index in [1.807, 2.05) is 27.7 Å². The highest BCUT2D eigenvalue weighted by molar-refractivity contribution is 7.84. The molecule has 0 fully saturated rings. The van der Waals surface area contributed by atoms with E-state index in [4.69, 9.17) is 0 Å². The highest BCUT2D eigenvalue weighted by Crippen LogP contribution is 2.14. The Hall–Kier alpha value is -0.810. The van der Waals surface area contributed by atoms with Gasteiger partial charge in [-0.15, -0.1) is 0 Å². The number of rotatable bonds is 3. The van der Waals surface area contributed by atoms with Gasteiger partial charge in [0.1, 0.15) is 0 Å². The molecule has 1 aromatic heterocycles. The van der Waals surface area contributed by atoms with Crippen molar-refractivity contribution in [3.8, 4) is 0 Å². The molecule has 1 N–H and O–H groups in total. The van der Waals surface area contributed by atoms with Crippen LogP contribution in [0.5, 0.6) is 0 Å². The Morgan fingerprint density at radius 3 is 2.53 bits per heavy atom. The molecule has 0 aliphatic carbocycles. The maximum absolute atomic E-state index is 11.8. The van der Waals surface area contributed by atoms with E-state index in [1.54, 1.807) is 18.6 Å². The summed E-state index contributed by atoms with van der Waals surface area (Å²) in [4.78, 5) is 8.13. The Balaban J connectivity index is 2.65. The molecule has 4 nitrogen and oxygen atoms in total. The van der Waals surface area contributed by atoms with Crippen LogP contribution in [0.25, 0.3) is 0 Å². The highest BCUT2D eigenvalue weighted by Gasteiger charge is 2.21. The first-order valence-electron chi connectivity index (χ1n) is 4.85. The van der Waals surface area contributed by atoms with Crippen LogP contribution in [0.3, 0.4) is 0 Å². The van der Waals surface area contributed by atoms with Crippen LogP contribution in [0.1, 0.15) is 39.4 Å². The fourth-order valence-electron chi connectivity index (χ4n) is 0.932. The van der Waals surface area contributed by atoms with Crippen LogP contribution in [0.2, 0.25) is 0 Å². The van der Waals surface area contributed by atoms with Crippen molar-refractivity contribution in [3.05, 3.63) is 24.3 Å². The minimum Gasteiger partial charge on any atom is -0.261 e. The third kappa shape index (κ3) is 3.68. The SMILES string of the molecule is CC(NS(=O)C(C)(C)C)c1cnccn1. The van der Waals surface area contributed by atoms with Crippen molar-refractivity contribution >= 4 is 11.0 Å². The lowest BCUT2D eigenvalue weighted by atomic mass is 10.3. The molecule has 0 amide bonds. The van der Waals surface area contributed by atoms with E-state index in [-0.39, 0.29) is 10.8 Å². The first-order chi connectivity index (χ1) is 6.91. The van der Waals surface area contributed by atoms with Gasteiger partial charge in [-0.25, -0.2) is 8.93 Å². The monoisotopic (exact) mass is 227 g/mol. The van der Waals surface area contributed by atoms with Gasteiger partial charge in [0.15, 0.2) is 0 Å². The molecule has 5 heteroatoms. The summed E-state index contributed by atoms with van der Waals surface area (Å²) < 4.78 is 14.5. The predicted octanol–water partition coefficient (Wildman–Crippen LogP) is 1.59. The van der Waals surface area contributed by atoms with E-state index in [9.17, 15) is 4.21 Å². The van der Waals surface area contributed by atoms with Crippen LogP contribution in [-0.2, 0) is 11.0 Å². The van der Waals surface area contributed by atoms with Gasteiger partial charge in [-0.2, -0.15) is 0 Å². The molecule has 2 atom stereocenters. The molecule has 0 saturated heterocycles. The number of hydrogen-bond acceptors (Lipinski definition) is 3. The lowest BCUT2D eigenvalue weighted by molar-refractivity contribution is 0.610. The Morgan fingerprint density at radius 1 is 1.40 bits per heavy atom. The maximum atomic E-state index is 11.8. The molecule has 0 aliphatic rings. The van der Waals surface area contributed by atoms with Gasteiger partial charge in [0.25, 0.3) is 0 Å². The summed E-state index contributed by atoms with van der Waals surface area (Å²) in [5.41, 5.74) is 0.801. The molecule has 0 spiro atoms. The lowest BCUT2D eigenvalue weighted by Crippen LogP contribution is -2.35. The van der Waals surface area contributed by atoms with Crippen molar-refractivity contribution in [1.82, 2.24) is 14.7 Å². The Kier molecular flexibility index (Phi) is 3.93. The van der Waals surface area contributed by atoms with Gasteiger partial charge in [0.05, 0.1) is 27.5 Å². The summed E-state index contributed by atoms with van der Waals surface area (Å²) in [5, 5.41) is 0. The standard InChI is InChI=1S/C10H17N3OS/c1-8(9-7-11-5-6-12-9)13-15(14)10(2,3)4/h5-8,13H,1-4H3. The van der Waals surface area contributed by atoms with E-state index in [2.05, 4.69) is 14.7 Å². The molecule has 0 aliphatic heterocycles. The average Bonchev–Trinajstić information content (AvgIpc) is 2.17. The van der Waals surface area contributed by atoms with E-state index >= 15 is 0 Å². The molecule has 1 aromatic rings. The van der Waals surface area contributed by atoms with Gasteiger partial charge in [-0.3, -0.25) is 9.97 Å². The number of hydrogen-bond donors (Lipinski definition) is 1. The zero-order chi connectivity index (χ0) is 11.5. The average molecular weight is 227 g/mol. The molecule has 0 radical (unpaired) electrons. The van der Waals surface area contributed by atoms with E-state index in [0.29, 0.717) is 0 Å². The van der Waals surface area contributed by atoms with E-state index in [1.165, 1.54) is 0 Å². The minimum atomic E-state index is -1.09. The van der Waals surface area contributed by atoms with Crippen molar-refractivity contribution < 1.29 is 4.21 Å². The van der Waals surface area contributed by atoms with Crippen molar-refractivity contribution in [2.45, 2.75) is 38.5 Å². The third-order valence-electron chi connectivity index (χ3n) is 1.87. The summed E-state index contributed by atoms with van der Waals surface area (Å²) in [6.45, 7) is 7.71. The van der Waals surface area contributed by atoms with Crippen molar-refractivity contribution in [2.24, 2.45) is 0 Å². The minimum absolute atomic E-state index is 0.0567. The van der Waals surface area contributed by atoms with Gasteiger partial charge in [-0.1, -0.05) is 0 Å². The van der Waals surface area contributed by atoms with Crippen molar-refractivity contribution in [2.75, 3.05) is 0 Å². The number of nitrogens with one attached hydrogen (secondary N) is 1. The molecular weight excluding hydrogens is 210 g/mol. The zero-order valence-electron chi connectivity index (χ0n) is 9.52. The first kappa shape index (κ1) is 12.3. The van der Waals surface area contributed by atoms with Crippen LogP contribution in [-0.4, -0.2) is 18.9 Å². The fraction of sp³-hybridized carbons (Fsp3) is 0.600. The molecule has 1 rings (SSSR count). The van der Waals surface area contributed by atoms with Crippen molar-refractivity contribution in [1.29, 1.82) is 0 Å². The Bertz CT molecular complexity index is 334. The smallest absolute Gasteiger partial charge is 0.0976 e. The second-order valence-electron chi connectivity index (χ2n) is 4.35. The number of nitrogens with zero attached hydrogens (tertiary/aromatic N) is 2. The topological polar surface area (TPSA) is 54.9 Å². The second kappa shape index (κ2) is 4.81. The molecule has 2 unspecified atom stereocenters. The molecule has 84 valence electrons. The molecule has 0 saturated carbocycles. The van der Waals surface area contributed by atoms with Crippen molar-refractivity contribution in [3.63, 3.8) is 0 Å². The van der Waals surface area contributed by atoms with Crippen LogP contribution in [0, 0.1) is 0 Å². The maximum Gasteiger partial charge on any atom is 0.0976 e. The Morgan fingerprint density at radius 2 is 2.07 bits per heavy atom. The van der Waals surface area contributed by atoms with Crippen LogP contribution >= 0.6 is 0 Å². The quantitative estimate of drug-likeness (QED) is 0.853. The first-order valence-corrected chi connectivity index (χ1v) is 6.00. The zero-order valence-corrected chi connectivity index (χ0v) is 10.3. The molecule has 1 heterocycles. The van der Waals surface area contributed by atoms with Gasteiger partial charge in [-0.05, 0) is 27.7 Å². The summed E-state index contributed by atoms with van der Waals surface area (Å²) >= 11 is 0. The number of aromatic nitrogens is 2. The van der Waals surface area contributed by atoms with Crippen LogP contribution in [0.4, 0.5) is 0 Å². The molecule has 0 aromatic carbocycles. The van der Waals surface area contributed by atoms with Gasteiger partial charge in [0.2, 0.25) is 0 Å². The summed E-state index contributed by atoms with van der Waals surface area (Å²) in [5.74, 6) is 0. The molecule has 0 bridgehead atoms. The lowest BCUT2D eigenvalue weighted by Gasteiger charge is -2.21. The van der Waals surface area contributed by atoms with E-state index < -0.39 is 11.0 Å². The normalized spacial score (nSPS) is 16.0. The van der Waals surface area contributed by atoms with E-state index in [0.717, 1.165) is 5.69 Å². The van der Waals surface area contributed by atoms with Crippen LogP contribution < -0.4 is 4.72 Å². The molecule has 15 heavy (non-hydrogen) atoms. The van der Waals surface area contributed by atoms with Gasteiger partial charge < -0.3 is 0 Å². The van der Waals surface area contributed by atoms with Crippen LogP contribution in [0.15, 0.2) is 18.6 Å². The third-order valence-corrected chi connectivity index (χ3v) is 3.55. The van der Waals surface area contributed by atoms with Gasteiger partial charge >= 0.3 is 0 Å². The molecular formula is C10H17N3OS. The van der Waals surface area contributed by atoms with Gasteiger partial charge in [0, 0.05) is 18.6 Å². The second-order valence-corrected chi connectivity index (χ2v) is 6.35. The summed E-state index contributed by atoms with van der Waals surface area (Å²) in [6, 6.07) is -0.0567. The summed E-state index contributed by atoms with van der Waals surface area (Å²) in [7, 11) is -1.09. The fourth-order valence-corrected chi connectivity index (χ4v) is 1.73. The largest absolute Gasteiger partial charge is 0.261 e. The summed E-state index contributed by atoms with van der Waals surface area (Å²) in [6.07, 6.45) is 4.93. The highest BCUT2D eigenvalue weighted by atomic mass is 32.2. The Labute approximate surface area is 93.1 Å².